The second-order valence-electron chi connectivity index (χ2n) is 6.60. The summed E-state index contributed by atoms with van der Waals surface area (Å²) in [6.45, 7) is 2.59. The Kier molecular flexibility index (Phi) is 5.41. The minimum atomic E-state index is -3.85. The van der Waals surface area contributed by atoms with Crippen LogP contribution in [0.15, 0.2) is 21.5 Å². The normalized spacial score (nSPS) is 20.8. The molecular formula is C17H21BrN2O5S. The first kappa shape index (κ1) is 19.3. The number of carbonyl (C=O) groups excluding carboxylic acids is 1. The number of rotatable bonds is 4. The number of carboxylic acid groups (broad SMARTS) is 1. The van der Waals surface area contributed by atoms with Crippen LogP contribution in [0, 0.1) is 5.92 Å². The van der Waals surface area contributed by atoms with Crippen molar-refractivity contribution >= 4 is 43.5 Å². The standard InChI is InChI=1S/C17H21BrN2O5S/c1-2-16(21)20-7-5-11-8-13(18)15(9-14(11)20)26(24,25)19-6-3-4-12(10-19)17(22)23/h8-9,12H,2-7,10H2,1H3,(H,22,23). The molecule has 0 bridgehead atoms. The van der Waals surface area contributed by atoms with Crippen LogP contribution in [0.3, 0.4) is 0 Å². The van der Waals surface area contributed by atoms with Gasteiger partial charge in [0.1, 0.15) is 0 Å². The SMILES string of the molecule is CCC(=O)N1CCc2cc(Br)c(S(=O)(=O)N3CCCC(C(=O)O)C3)cc21. The number of hydrogen-bond donors (Lipinski definition) is 1. The van der Waals surface area contributed by atoms with Crippen molar-refractivity contribution in [2.45, 2.75) is 37.5 Å². The van der Waals surface area contributed by atoms with Gasteiger partial charge in [0.25, 0.3) is 0 Å². The third kappa shape index (κ3) is 3.39. The summed E-state index contributed by atoms with van der Waals surface area (Å²) in [5.41, 5.74) is 1.56. The van der Waals surface area contributed by atoms with E-state index in [9.17, 15) is 23.1 Å². The van der Waals surface area contributed by atoms with Crippen LogP contribution in [0.5, 0.6) is 0 Å². The smallest absolute Gasteiger partial charge is 0.307 e. The van der Waals surface area contributed by atoms with Crippen LogP contribution in [0.1, 0.15) is 31.7 Å². The van der Waals surface area contributed by atoms with E-state index in [0.717, 1.165) is 5.56 Å². The number of carbonyl (C=O) groups is 2. The maximum absolute atomic E-state index is 13.1. The molecule has 1 N–H and O–H groups in total. The first-order valence-corrected chi connectivity index (χ1v) is 10.8. The number of sulfonamides is 1. The minimum Gasteiger partial charge on any atom is -0.481 e. The third-order valence-electron chi connectivity index (χ3n) is 4.98. The summed E-state index contributed by atoms with van der Waals surface area (Å²) in [5.74, 6) is -1.71. The summed E-state index contributed by atoms with van der Waals surface area (Å²) in [6.07, 6.45) is 2.03. The highest BCUT2D eigenvalue weighted by molar-refractivity contribution is 9.10. The number of benzene rings is 1. The fraction of sp³-hybridized carbons (Fsp3) is 0.529. The number of piperidine rings is 1. The van der Waals surface area contributed by atoms with Crippen LogP contribution in [-0.2, 0) is 26.0 Å². The lowest BCUT2D eigenvalue weighted by Crippen LogP contribution is -2.42. The number of halogens is 1. The molecule has 2 aliphatic rings. The number of carboxylic acids is 1. The molecule has 9 heteroatoms. The number of nitrogens with zero attached hydrogens (tertiary/aromatic N) is 2. The van der Waals surface area contributed by atoms with E-state index < -0.39 is 21.9 Å². The summed E-state index contributed by atoms with van der Waals surface area (Å²) in [7, 11) is -3.85. The van der Waals surface area contributed by atoms with Gasteiger partial charge in [-0.25, -0.2) is 8.42 Å². The van der Waals surface area contributed by atoms with Gasteiger partial charge in [-0.05, 0) is 52.9 Å². The number of hydrogen-bond acceptors (Lipinski definition) is 4. The molecule has 1 fully saturated rings. The summed E-state index contributed by atoms with van der Waals surface area (Å²) in [5, 5.41) is 9.22. The monoisotopic (exact) mass is 444 g/mol. The minimum absolute atomic E-state index is 0.0290. The first-order valence-electron chi connectivity index (χ1n) is 8.61. The van der Waals surface area contributed by atoms with Gasteiger partial charge in [-0.3, -0.25) is 9.59 Å². The Labute approximate surface area is 161 Å². The van der Waals surface area contributed by atoms with Crippen molar-refractivity contribution in [2.75, 3.05) is 24.5 Å². The van der Waals surface area contributed by atoms with Crippen LogP contribution in [0.25, 0.3) is 0 Å². The molecule has 0 saturated carbocycles. The van der Waals surface area contributed by atoms with Gasteiger partial charge in [-0.1, -0.05) is 6.92 Å². The Balaban J connectivity index is 1.98. The molecule has 1 saturated heterocycles. The van der Waals surface area contributed by atoms with Crippen molar-refractivity contribution in [1.29, 1.82) is 0 Å². The lowest BCUT2D eigenvalue weighted by Gasteiger charge is -2.30. The molecule has 0 aromatic heterocycles. The van der Waals surface area contributed by atoms with Crippen LogP contribution in [0.2, 0.25) is 0 Å². The van der Waals surface area contributed by atoms with Crippen molar-refractivity contribution in [2.24, 2.45) is 5.92 Å². The zero-order valence-corrected chi connectivity index (χ0v) is 16.8. The molecule has 3 rings (SSSR count). The quantitative estimate of drug-likeness (QED) is 0.767. The van der Waals surface area contributed by atoms with Gasteiger partial charge in [0.2, 0.25) is 15.9 Å². The van der Waals surface area contributed by atoms with Crippen molar-refractivity contribution < 1.29 is 23.1 Å². The largest absolute Gasteiger partial charge is 0.481 e. The fourth-order valence-electron chi connectivity index (χ4n) is 3.54. The molecule has 0 radical (unpaired) electrons. The van der Waals surface area contributed by atoms with E-state index in [1.54, 1.807) is 24.0 Å². The average molecular weight is 445 g/mol. The van der Waals surface area contributed by atoms with Crippen molar-refractivity contribution in [1.82, 2.24) is 4.31 Å². The van der Waals surface area contributed by atoms with Crippen molar-refractivity contribution in [3.63, 3.8) is 0 Å². The molecule has 0 aliphatic carbocycles. The van der Waals surface area contributed by atoms with Crippen molar-refractivity contribution in [3.05, 3.63) is 22.2 Å². The highest BCUT2D eigenvalue weighted by Gasteiger charge is 2.36. The Bertz CT molecular complexity index is 855. The van der Waals surface area contributed by atoms with Gasteiger partial charge in [-0.2, -0.15) is 4.31 Å². The Hall–Kier alpha value is -1.45. The zero-order chi connectivity index (χ0) is 19.1. The molecule has 2 heterocycles. The lowest BCUT2D eigenvalue weighted by molar-refractivity contribution is -0.142. The topological polar surface area (TPSA) is 95.0 Å². The molecule has 1 amide bonds. The third-order valence-corrected chi connectivity index (χ3v) is 7.81. The van der Waals surface area contributed by atoms with Crippen LogP contribution >= 0.6 is 15.9 Å². The van der Waals surface area contributed by atoms with Gasteiger partial charge in [0.05, 0.1) is 10.8 Å². The van der Waals surface area contributed by atoms with E-state index in [-0.39, 0.29) is 17.3 Å². The average Bonchev–Trinajstić information content (AvgIpc) is 3.03. The van der Waals surface area contributed by atoms with E-state index in [1.165, 1.54) is 4.31 Å². The van der Waals surface area contributed by atoms with Gasteiger partial charge < -0.3 is 10.0 Å². The highest BCUT2D eigenvalue weighted by atomic mass is 79.9. The van der Waals surface area contributed by atoms with Crippen LogP contribution in [-0.4, -0.2) is 49.3 Å². The fourth-order valence-corrected chi connectivity index (χ4v) is 6.13. The number of anilines is 1. The Morgan fingerprint density at radius 3 is 2.69 bits per heavy atom. The molecule has 1 aromatic rings. The predicted molar refractivity (Wildman–Crippen MR) is 99.6 cm³/mol. The second-order valence-corrected chi connectivity index (χ2v) is 9.36. The molecule has 7 nitrogen and oxygen atoms in total. The molecule has 1 unspecified atom stereocenters. The summed E-state index contributed by atoms with van der Waals surface area (Å²) in [6, 6.07) is 3.30. The van der Waals surface area contributed by atoms with E-state index >= 15 is 0 Å². The molecule has 2 aliphatic heterocycles. The second kappa shape index (κ2) is 7.28. The van der Waals surface area contributed by atoms with Gasteiger partial charge >= 0.3 is 5.97 Å². The lowest BCUT2D eigenvalue weighted by atomic mass is 10.0. The molecule has 1 atom stereocenters. The number of amides is 1. The number of aliphatic carboxylic acids is 1. The Morgan fingerprint density at radius 2 is 2.04 bits per heavy atom. The van der Waals surface area contributed by atoms with Crippen molar-refractivity contribution in [3.8, 4) is 0 Å². The summed E-state index contributed by atoms with van der Waals surface area (Å²) < 4.78 is 27.9. The molecule has 142 valence electrons. The maximum atomic E-state index is 13.1. The van der Waals surface area contributed by atoms with Gasteiger partial charge in [0, 0.05) is 36.2 Å². The summed E-state index contributed by atoms with van der Waals surface area (Å²) >= 11 is 3.34. The summed E-state index contributed by atoms with van der Waals surface area (Å²) in [4.78, 5) is 25.1. The predicted octanol–water partition coefficient (Wildman–Crippen LogP) is 2.23. The molecule has 1 aromatic carbocycles. The molecule has 26 heavy (non-hydrogen) atoms. The highest BCUT2D eigenvalue weighted by Crippen LogP contribution is 2.37. The molecule has 0 spiro atoms. The molecular weight excluding hydrogens is 424 g/mol. The van der Waals surface area contributed by atoms with E-state index in [1.807, 2.05) is 0 Å². The van der Waals surface area contributed by atoms with Crippen LogP contribution < -0.4 is 4.90 Å². The first-order chi connectivity index (χ1) is 12.3. The maximum Gasteiger partial charge on any atom is 0.307 e. The number of fused-ring (bicyclic) bond motifs is 1. The van der Waals surface area contributed by atoms with Gasteiger partial charge in [-0.15, -0.1) is 0 Å². The van der Waals surface area contributed by atoms with E-state index in [0.29, 0.717) is 48.9 Å². The Morgan fingerprint density at radius 1 is 1.31 bits per heavy atom. The van der Waals surface area contributed by atoms with Gasteiger partial charge in [0.15, 0.2) is 0 Å². The van der Waals surface area contributed by atoms with E-state index in [2.05, 4.69) is 15.9 Å². The van der Waals surface area contributed by atoms with E-state index in [4.69, 9.17) is 0 Å². The zero-order valence-electron chi connectivity index (χ0n) is 14.4. The van der Waals surface area contributed by atoms with Crippen LogP contribution in [0.4, 0.5) is 5.69 Å².